The van der Waals surface area contributed by atoms with Crippen LogP contribution in [-0.2, 0) is 4.79 Å². The van der Waals surface area contributed by atoms with Crippen molar-refractivity contribution < 1.29 is 14.5 Å². The molecule has 0 bridgehead atoms. The highest BCUT2D eigenvalue weighted by Gasteiger charge is 2.27. The van der Waals surface area contributed by atoms with Crippen molar-refractivity contribution in [1.29, 1.82) is 0 Å². The van der Waals surface area contributed by atoms with Crippen LogP contribution in [0.25, 0.3) is 0 Å². The smallest absolute Gasteiger partial charge is 0.292 e. The molecule has 0 saturated carbocycles. The molecule has 0 spiro atoms. The first-order chi connectivity index (χ1) is 16.4. The molecule has 4 rings (SSSR count). The molecule has 34 heavy (non-hydrogen) atoms. The summed E-state index contributed by atoms with van der Waals surface area (Å²) in [6.07, 6.45) is 0.787. The van der Waals surface area contributed by atoms with Crippen molar-refractivity contribution in [1.82, 2.24) is 14.7 Å². The number of anilines is 1. The van der Waals surface area contributed by atoms with E-state index in [1.807, 2.05) is 9.80 Å². The summed E-state index contributed by atoms with van der Waals surface area (Å²) in [5.74, 6) is -0.0296. The highest BCUT2D eigenvalue weighted by molar-refractivity contribution is 6.33. The Bertz CT molecular complexity index is 1060. The molecule has 2 aliphatic heterocycles. The Morgan fingerprint density at radius 3 is 2.26 bits per heavy atom. The van der Waals surface area contributed by atoms with Crippen LogP contribution in [0.1, 0.15) is 16.8 Å². The number of benzene rings is 2. The maximum atomic E-state index is 12.9. The van der Waals surface area contributed by atoms with E-state index in [9.17, 15) is 19.7 Å². The average Bonchev–Trinajstić information content (AvgIpc) is 3.09. The largest absolute Gasteiger partial charge is 0.362 e. The second kappa shape index (κ2) is 10.8. The molecule has 2 aromatic rings. The zero-order valence-electron chi connectivity index (χ0n) is 18.9. The first-order valence-corrected chi connectivity index (χ1v) is 11.8. The summed E-state index contributed by atoms with van der Waals surface area (Å²) in [6, 6.07) is 13.8. The van der Waals surface area contributed by atoms with Gasteiger partial charge in [0.15, 0.2) is 0 Å². The first-order valence-electron chi connectivity index (χ1n) is 11.5. The van der Waals surface area contributed by atoms with Crippen molar-refractivity contribution in [2.75, 3.05) is 63.8 Å². The van der Waals surface area contributed by atoms with Crippen molar-refractivity contribution in [2.24, 2.45) is 0 Å². The van der Waals surface area contributed by atoms with Crippen LogP contribution in [0, 0.1) is 10.1 Å². The number of rotatable bonds is 5. The van der Waals surface area contributed by atoms with Crippen LogP contribution in [-0.4, -0.2) is 90.3 Å². The fraction of sp³-hybridized carbons (Fsp3) is 0.417. The van der Waals surface area contributed by atoms with E-state index < -0.39 is 0 Å². The van der Waals surface area contributed by atoms with Crippen molar-refractivity contribution in [2.45, 2.75) is 6.42 Å². The summed E-state index contributed by atoms with van der Waals surface area (Å²) in [4.78, 5) is 44.4. The van der Waals surface area contributed by atoms with Gasteiger partial charge < -0.3 is 14.7 Å². The summed E-state index contributed by atoms with van der Waals surface area (Å²) in [5, 5.41) is 11.8. The summed E-state index contributed by atoms with van der Waals surface area (Å²) < 4.78 is 0. The molecule has 0 atom stereocenters. The number of hydrogen-bond acceptors (Lipinski definition) is 6. The number of nitro benzene ring substituents is 1. The first kappa shape index (κ1) is 24.0. The number of amides is 2. The molecule has 2 aliphatic rings. The van der Waals surface area contributed by atoms with E-state index in [1.165, 1.54) is 6.07 Å². The molecule has 0 aromatic heterocycles. The van der Waals surface area contributed by atoms with Crippen molar-refractivity contribution in [3.63, 3.8) is 0 Å². The van der Waals surface area contributed by atoms with Gasteiger partial charge in [-0.3, -0.25) is 24.6 Å². The maximum absolute atomic E-state index is 12.9. The Hall–Kier alpha value is -3.17. The summed E-state index contributed by atoms with van der Waals surface area (Å²) in [5.41, 5.74) is 1.18. The van der Waals surface area contributed by atoms with Crippen LogP contribution in [0.2, 0.25) is 5.02 Å². The molecule has 0 aliphatic carbocycles. The number of hydrogen-bond donors (Lipinski definition) is 0. The molecule has 9 nitrogen and oxygen atoms in total. The molecule has 10 heteroatoms. The minimum Gasteiger partial charge on any atom is -0.362 e. The normalized spacial score (nSPS) is 17.4. The molecule has 2 aromatic carbocycles. The fourth-order valence-corrected chi connectivity index (χ4v) is 4.73. The minimum absolute atomic E-state index is 0.0492. The Balaban J connectivity index is 1.28. The highest BCUT2D eigenvalue weighted by atomic mass is 35.5. The quantitative estimate of drug-likeness (QED) is 0.478. The van der Waals surface area contributed by atoms with Gasteiger partial charge in [0, 0.05) is 58.4 Å². The molecular formula is C24H28ClN5O4. The van der Waals surface area contributed by atoms with Gasteiger partial charge in [-0.05, 0) is 24.6 Å². The Labute approximate surface area is 203 Å². The van der Waals surface area contributed by atoms with Crippen LogP contribution >= 0.6 is 11.6 Å². The molecule has 0 N–H and O–H groups in total. The summed E-state index contributed by atoms with van der Waals surface area (Å²) >= 11 is 6.19. The molecule has 180 valence electrons. The SMILES string of the molecule is O=C(CN1CCCN(C(=O)c2ccccc2Cl)CC1)N1CCN(c2ccccc2[N+](=O)[O-])CC1. The van der Waals surface area contributed by atoms with Crippen LogP contribution in [0.5, 0.6) is 0 Å². The monoisotopic (exact) mass is 485 g/mol. The van der Waals surface area contributed by atoms with Gasteiger partial charge in [0.1, 0.15) is 5.69 Å². The minimum atomic E-state index is -0.369. The van der Waals surface area contributed by atoms with Gasteiger partial charge in [-0.1, -0.05) is 35.9 Å². The summed E-state index contributed by atoms with van der Waals surface area (Å²) in [7, 11) is 0. The maximum Gasteiger partial charge on any atom is 0.292 e. The second-order valence-electron chi connectivity index (χ2n) is 8.52. The predicted octanol–water partition coefficient (Wildman–Crippen LogP) is 2.74. The number of nitrogens with zero attached hydrogens (tertiary/aromatic N) is 5. The molecular weight excluding hydrogens is 458 g/mol. The Morgan fingerprint density at radius 2 is 1.53 bits per heavy atom. The van der Waals surface area contributed by atoms with E-state index in [0.717, 1.165) is 13.0 Å². The fourth-order valence-electron chi connectivity index (χ4n) is 4.51. The van der Waals surface area contributed by atoms with Crippen molar-refractivity contribution >= 4 is 34.8 Å². The lowest BCUT2D eigenvalue weighted by Crippen LogP contribution is -2.51. The van der Waals surface area contributed by atoms with E-state index in [1.54, 1.807) is 47.4 Å². The molecule has 2 amide bonds. The van der Waals surface area contributed by atoms with Gasteiger partial charge in [0.05, 0.1) is 22.1 Å². The van der Waals surface area contributed by atoms with Gasteiger partial charge in [0.2, 0.25) is 5.91 Å². The molecule has 0 unspecified atom stereocenters. The molecule has 0 radical (unpaired) electrons. The number of para-hydroxylation sites is 2. The lowest BCUT2D eigenvalue weighted by molar-refractivity contribution is -0.384. The Morgan fingerprint density at radius 1 is 0.853 bits per heavy atom. The third kappa shape index (κ3) is 5.48. The van der Waals surface area contributed by atoms with Gasteiger partial charge in [-0.2, -0.15) is 0 Å². The van der Waals surface area contributed by atoms with Crippen LogP contribution < -0.4 is 4.90 Å². The van der Waals surface area contributed by atoms with Gasteiger partial charge in [-0.15, -0.1) is 0 Å². The van der Waals surface area contributed by atoms with E-state index in [0.29, 0.717) is 68.6 Å². The zero-order valence-corrected chi connectivity index (χ0v) is 19.7. The van der Waals surface area contributed by atoms with Crippen LogP contribution in [0.15, 0.2) is 48.5 Å². The van der Waals surface area contributed by atoms with E-state index in [4.69, 9.17) is 11.6 Å². The van der Waals surface area contributed by atoms with Gasteiger partial charge >= 0.3 is 0 Å². The van der Waals surface area contributed by atoms with Crippen LogP contribution in [0.4, 0.5) is 11.4 Å². The number of nitro groups is 1. The number of carbonyl (C=O) groups excluding carboxylic acids is 2. The van der Waals surface area contributed by atoms with Crippen LogP contribution in [0.3, 0.4) is 0 Å². The number of carbonyl (C=O) groups is 2. The number of piperazine rings is 1. The predicted molar refractivity (Wildman–Crippen MR) is 130 cm³/mol. The van der Waals surface area contributed by atoms with E-state index >= 15 is 0 Å². The number of halogens is 1. The third-order valence-corrected chi connectivity index (χ3v) is 6.72. The average molecular weight is 486 g/mol. The van der Waals surface area contributed by atoms with Gasteiger partial charge in [0.25, 0.3) is 11.6 Å². The van der Waals surface area contributed by atoms with E-state index in [2.05, 4.69) is 4.90 Å². The lowest BCUT2D eigenvalue weighted by atomic mass is 10.2. The van der Waals surface area contributed by atoms with Crippen molar-refractivity contribution in [3.8, 4) is 0 Å². The van der Waals surface area contributed by atoms with Crippen molar-refractivity contribution in [3.05, 3.63) is 69.2 Å². The standard InChI is InChI=1S/C24H28ClN5O4/c25-20-7-2-1-6-19(20)24(32)29-11-5-10-26(12-13-29)18-23(31)28-16-14-27(15-17-28)21-8-3-4-9-22(21)30(33)34/h1-4,6-9H,5,10-18H2. The second-order valence-corrected chi connectivity index (χ2v) is 8.92. The zero-order chi connectivity index (χ0) is 24.1. The lowest BCUT2D eigenvalue weighted by Gasteiger charge is -2.36. The van der Waals surface area contributed by atoms with E-state index in [-0.39, 0.29) is 22.4 Å². The molecule has 2 saturated heterocycles. The molecule has 2 fully saturated rings. The summed E-state index contributed by atoms with van der Waals surface area (Å²) in [6.45, 7) is 5.00. The molecule has 2 heterocycles. The highest BCUT2D eigenvalue weighted by Crippen LogP contribution is 2.28. The topological polar surface area (TPSA) is 90.2 Å². The van der Waals surface area contributed by atoms with Gasteiger partial charge in [-0.25, -0.2) is 0 Å². The Kier molecular flexibility index (Phi) is 7.64. The third-order valence-electron chi connectivity index (χ3n) is 6.39.